The van der Waals surface area contributed by atoms with Crippen LogP contribution in [0.4, 0.5) is 0 Å². The first-order valence-electron chi connectivity index (χ1n) is 7.12. The summed E-state index contributed by atoms with van der Waals surface area (Å²) in [4.78, 5) is 4.73. The monoisotopic (exact) mass is 234 g/mol. The molecule has 0 radical (unpaired) electrons. The first-order valence-corrected chi connectivity index (χ1v) is 7.12. The highest BCUT2D eigenvalue weighted by Crippen LogP contribution is 2.33. The molecule has 1 atom stereocenters. The zero-order valence-corrected chi connectivity index (χ0v) is 10.5. The van der Waals surface area contributed by atoms with Crippen molar-refractivity contribution in [1.82, 2.24) is 10.3 Å². The van der Waals surface area contributed by atoms with Crippen LogP contribution in [-0.4, -0.2) is 11.5 Å². The molecule has 1 aromatic rings. The van der Waals surface area contributed by atoms with Gasteiger partial charge >= 0.3 is 0 Å². The van der Waals surface area contributed by atoms with Gasteiger partial charge in [0, 0.05) is 5.92 Å². The molecule has 0 bridgehead atoms. The maximum Gasteiger partial charge on any atom is 0.197 e. The van der Waals surface area contributed by atoms with Gasteiger partial charge in [-0.05, 0) is 32.2 Å². The molecule has 17 heavy (non-hydrogen) atoms. The Balaban J connectivity index is 1.68. The Morgan fingerprint density at radius 1 is 1.06 bits per heavy atom. The normalized spacial score (nSPS) is 27.2. The smallest absolute Gasteiger partial charge is 0.197 e. The third-order valence-electron chi connectivity index (χ3n) is 4.16. The fraction of sp³-hybridized carbons (Fsp3) is 0.786. The van der Waals surface area contributed by atoms with E-state index in [4.69, 9.17) is 9.40 Å². The van der Waals surface area contributed by atoms with Gasteiger partial charge < -0.3 is 9.73 Å². The highest BCUT2D eigenvalue weighted by Gasteiger charge is 2.23. The van der Waals surface area contributed by atoms with Gasteiger partial charge in [0.1, 0.15) is 6.26 Å². The van der Waals surface area contributed by atoms with Gasteiger partial charge in [-0.25, -0.2) is 4.98 Å². The number of hydrogen-bond acceptors (Lipinski definition) is 3. The van der Waals surface area contributed by atoms with Gasteiger partial charge in [0.05, 0.1) is 11.7 Å². The lowest BCUT2D eigenvalue weighted by Gasteiger charge is -2.21. The van der Waals surface area contributed by atoms with Crippen molar-refractivity contribution in [2.75, 3.05) is 6.54 Å². The summed E-state index contributed by atoms with van der Waals surface area (Å²) >= 11 is 0. The fourth-order valence-corrected chi connectivity index (χ4v) is 3.10. The Hall–Kier alpha value is -0.830. The second-order valence-electron chi connectivity index (χ2n) is 5.45. The molecule has 2 fully saturated rings. The Labute approximate surface area is 103 Å². The van der Waals surface area contributed by atoms with Gasteiger partial charge in [-0.2, -0.15) is 0 Å². The molecule has 3 rings (SSSR count). The van der Waals surface area contributed by atoms with E-state index < -0.39 is 0 Å². The molecule has 94 valence electrons. The molecular weight excluding hydrogens is 212 g/mol. The molecular formula is C14H22N2O. The average molecular weight is 234 g/mol. The van der Waals surface area contributed by atoms with Crippen LogP contribution >= 0.6 is 0 Å². The van der Waals surface area contributed by atoms with E-state index in [0.717, 1.165) is 18.1 Å². The molecule has 1 unspecified atom stereocenters. The van der Waals surface area contributed by atoms with Crippen LogP contribution in [0.2, 0.25) is 0 Å². The summed E-state index contributed by atoms with van der Waals surface area (Å²) in [6.07, 6.45) is 12.3. The molecule has 2 heterocycles. The van der Waals surface area contributed by atoms with Crippen LogP contribution < -0.4 is 5.32 Å². The number of hydrogen-bond donors (Lipinski definition) is 1. The zero-order chi connectivity index (χ0) is 11.5. The van der Waals surface area contributed by atoms with Crippen molar-refractivity contribution in [3.63, 3.8) is 0 Å². The van der Waals surface area contributed by atoms with Gasteiger partial charge in [-0.15, -0.1) is 0 Å². The second kappa shape index (κ2) is 5.21. The van der Waals surface area contributed by atoms with Crippen molar-refractivity contribution < 1.29 is 4.42 Å². The zero-order valence-electron chi connectivity index (χ0n) is 10.5. The Morgan fingerprint density at radius 3 is 2.65 bits per heavy atom. The van der Waals surface area contributed by atoms with E-state index in [1.807, 2.05) is 6.26 Å². The van der Waals surface area contributed by atoms with Crippen LogP contribution in [0, 0.1) is 0 Å². The maximum absolute atomic E-state index is 5.71. The molecule has 0 amide bonds. The minimum atomic E-state index is 0.435. The fourth-order valence-electron chi connectivity index (χ4n) is 3.10. The quantitative estimate of drug-likeness (QED) is 0.850. The number of oxazole rings is 1. The third kappa shape index (κ3) is 2.54. The van der Waals surface area contributed by atoms with Gasteiger partial charge in [-0.3, -0.25) is 0 Å². The van der Waals surface area contributed by atoms with Gasteiger partial charge in [0.15, 0.2) is 5.89 Å². The lowest BCUT2D eigenvalue weighted by Crippen LogP contribution is -2.27. The third-order valence-corrected chi connectivity index (χ3v) is 4.16. The number of rotatable bonds is 2. The molecule has 1 saturated carbocycles. The van der Waals surface area contributed by atoms with E-state index in [0.29, 0.717) is 12.0 Å². The molecule has 3 nitrogen and oxygen atoms in total. The number of nitrogens with zero attached hydrogens (tertiary/aromatic N) is 1. The van der Waals surface area contributed by atoms with Gasteiger partial charge in [-0.1, -0.05) is 25.7 Å². The number of nitrogens with one attached hydrogen (secondary N) is 1. The van der Waals surface area contributed by atoms with Crippen LogP contribution in [0.15, 0.2) is 10.7 Å². The summed E-state index contributed by atoms with van der Waals surface area (Å²) in [5.41, 5.74) is 1.13. The highest BCUT2D eigenvalue weighted by molar-refractivity contribution is 5.07. The Kier molecular flexibility index (Phi) is 3.46. The summed E-state index contributed by atoms with van der Waals surface area (Å²) in [7, 11) is 0. The standard InChI is InChI=1S/C14H22N2O/c1-2-6-11(7-3-1)14-16-13(10-17-14)12-8-4-5-9-15-12/h10-12,15H,1-9H2. The summed E-state index contributed by atoms with van der Waals surface area (Å²) in [6, 6.07) is 0.435. The topological polar surface area (TPSA) is 38.1 Å². The average Bonchev–Trinajstić information content (AvgIpc) is 2.90. The summed E-state index contributed by atoms with van der Waals surface area (Å²) < 4.78 is 5.71. The second-order valence-corrected chi connectivity index (χ2v) is 5.45. The Morgan fingerprint density at radius 2 is 1.88 bits per heavy atom. The number of aromatic nitrogens is 1. The predicted octanol–water partition coefficient (Wildman–Crippen LogP) is 3.54. The molecule has 1 aliphatic carbocycles. The van der Waals surface area contributed by atoms with Crippen LogP contribution in [-0.2, 0) is 0 Å². The maximum atomic E-state index is 5.71. The number of piperidine rings is 1. The van der Waals surface area contributed by atoms with Crippen LogP contribution in [0.5, 0.6) is 0 Å². The minimum Gasteiger partial charge on any atom is -0.448 e. The van der Waals surface area contributed by atoms with Crippen molar-refractivity contribution >= 4 is 0 Å². The van der Waals surface area contributed by atoms with E-state index in [1.165, 1.54) is 51.4 Å². The lowest BCUT2D eigenvalue weighted by molar-refractivity contribution is 0.363. The van der Waals surface area contributed by atoms with Crippen molar-refractivity contribution in [2.24, 2.45) is 0 Å². The molecule has 1 saturated heterocycles. The van der Waals surface area contributed by atoms with E-state index in [1.54, 1.807) is 0 Å². The first-order chi connectivity index (χ1) is 8.43. The molecule has 1 aromatic heterocycles. The van der Waals surface area contributed by atoms with E-state index >= 15 is 0 Å². The summed E-state index contributed by atoms with van der Waals surface area (Å²) in [5, 5.41) is 3.53. The van der Waals surface area contributed by atoms with E-state index in [-0.39, 0.29) is 0 Å². The Bertz CT molecular complexity index is 316. The van der Waals surface area contributed by atoms with E-state index in [9.17, 15) is 0 Å². The molecule has 1 aliphatic heterocycles. The molecule has 0 spiro atoms. The van der Waals surface area contributed by atoms with Crippen molar-refractivity contribution in [1.29, 1.82) is 0 Å². The van der Waals surface area contributed by atoms with Crippen LogP contribution in [0.1, 0.15) is 74.9 Å². The summed E-state index contributed by atoms with van der Waals surface area (Å²) in [6.45, 7) is 1.12. The van der Waals surface area contributed by atoms with Crippen molar-refractivity contribution in [2.45, 2.75) is 63.3 Å². The van der Waals surface area contributed by atoms with Gasteiger partial charge in [0.25, 0.3) is 0 Å². The van der Waals surface area contributed by atoms with Crippen molar-refractivity contribution in [3.05, 3.63) is 17.8 Å². The van der Waals surface area contributed by atoms with Crippen LogP contribution in [0.3, 0.4) is 0 Å². The van der Waals surface area contributed by atoms with Crippen LogP contribution in [0.25, 0.3) is 0 Å². The molecule has 2 aliphatic rings. The minimum absolute atomic E-state index is 0.435. The van der Waals surface area contributed by atoms with E-state index in [2.05, 4.69) is 5.32 Å². The lowest BCUT2D eigenvalue weighted by atomic mass is 9.89. The SMILES string of the molecule is c1oc(C2CCCCC2)nc1C1CCCCN1. The van der Waals surface area contributed by atoms with Crippen molar-refractivity contribution in [3.8, 4) is 0 Å². The summed E-state index contributed by atoms with van der Waals surface area (Å²) in [5.74, 6) is 1.58. The largest absolute Gasteiger partial charge is 0.448 e. The first kappa shape index (κ1) is 11.3. The molecule has 1 N–H and O–H groups in total. The predicted molar refractivity (Wildman–Crippen MR) is 66.9 cm³/mol. The molecule has 0 aromatic carbocycles. The van der Waals surface area contributed by atoms with Gasteiger partial charge in [0.2, 0.25) is 0 Å². The highest BCUT2D eigenvalue weighted by atomic mass is 16.3. The molecule has 3 heteroatoms.